The Labute approximate surface area is 598 Å². The summed E-state index contributed by atoms with van der Waals surface area (Å²) in [5, 5.41) is 58.7. The van der Waals surface area contributed by atoms with Gasteiger partial charge in [-0.15, -0.1) is 0 Å². The van der Waals surface area contributed by atoms with E-state index in [1.54, 1.807) is 31.4 Å². The maximum atomic E-state index is 13.2. The van der Waals surface area contributed by atoms with Crippen LogP contribution in [-0.2, 0) is 102 Å². The first-order chi connectivity index (χ1) is 49.4. The monoisotopic (exact) mass is 1440 g/mol. The minimum atomic E-state index is -1.29. The van der Waals surface area contributed by atoms with Crippen molar-refractivity contribution < 1.29 is 91.7 Å². The highest BCUT2D eigenvalue weighted by Crippen LogP contribution is 2.15. The van der Waals surface area contributed by atoms with E-state index in [-0.39, 0.29) is 127 Å². The summed E-state index contributed by atoms with van der Waals surface area (Å²) in [7, 11) is 1.58. The molecule has 4 aromatic rings. The largest absolute Gasteiger partial charge is 0.508 e. The number of nitrogens with zero attached hydrogens (tertiary/aromatic N) is 6. The van der Waals surface area contributed by atoms with Crippen LogP contribution in [0.5, 0.6) is 11.5 Å². The van der Waals surface area contributed by atoms with E-state index < -0.39 is 84.1 Å². The molecule has 0 aromatic heterocycles. The Bertz CT molecular complexity index is 3270. The zero-order valence-corrected chi connectivity index (χ0v) is 59.0. The number of methoxy groups -OCH3 is 1. The highest BCUT2D eigenvalue weighted by Gasteiger charge is 2.31. The van der Waals surface area contributed by atoms with Gasteiger partial charge in [-0.05, 0) is 69.9 Å². The lowest BCUT2D eigenvalue weighted by Crippen LogP contribution is -2.55. The second-order valence-electron chi connectivity index (χ2n) is 23.1. The van der Waals surface area contributed by atoms with E-state index in [4.69, 9.17) is 44.6 Å². The van der Waals surface area contributed by atoms with Gasteiger partial charge in [-0.25, -0.2) is 0 Å². The molecule has 0 heterocycles. The molecule has 0 spiro atoms. The molecule has 0 aliphatic heterocycles. The number of ether oxygens (including phenoxy) is 6. The Morgan fingerprint density at radius 3 is 1.03 bits per heavy atom. The highest BCUT2D eigenvalue weighted by molar-refractivity contribution is 5.95. The van der Waals surface area contributed by atoms with Crippen molar-refractivity contribution in [3.8, 4) is 11.5 Å². The number of azide groups is 2. The molecular weight excluding hydrogens is 1340 g/mol. The average molecular weight is 1440 g/mol. The Kier molecular flexibility index (Phi) is 46.8. The number of phenolic OH excluding ortho intramolecular Hbond substituents is 2. The van der Waals surface area contributed by atoms with Crippen molar-refractivity contribution in [2.24, 2.45) is 16.1 Å². The molecule has 103 heavy (non-hydrogen) atoms. The van der Waals surface area contributed by atoms with Gasteiger partial charge in [0.05, 0.1) is 79.1 Å². The van der Waals surface area contributed by atoms with Gasteiger partial charge in [-0.2, -0.15) is 0 Å². The van der Waals surface area contributed by atoms with Gasteiger partial charge in [0.25, 0.3) is 0 Å². The lowest BCUT2D eigenvalue weighted by atomic mass is 10.0. The Hall–Kier alpha value is -10.4. The molecule has 9 amide bonds. The number of carboxylic acid groups (broad SMARTS) is 1. The van der Waals surface area contributed by atoms with Crippen molar-refractivity contribution in [3.63, 3.8) is 0 Å². The zero-order chi connectivity index (χ0) is 76.0. The number of carbonyl (C=O) groups excluding carboxylic acids is 9. The molecule has 564 valence electrons. The van der Waals surface area contributed by atoms with E-state index >= 15 is 0 Å². The third-order valence-corrected chi connectivity index (χ3v) is 14.0. The molecule has 0 aliphatic carbocycles. The fourth-order valence-electron chi connectivity index (χ4n) is 9.21. The number of phenols is 2. The maximum absolute atomic E-state index is 13.2. The molecule has 12 N–H and O–H groups in total. The van der Waals surface area contributed by atoms with Crippen LogP contribution >= 0.6 is 0 Å². The highest BCUT2D eigenvalue weighted by atomic mass is 16.5. The molecule has 34 nitrogen and oxygen atoms in total. The smallest absolute Gasteiger partial charge is 0.305 e. The summed E-state index contributed by atoms with van der Waals surface area (Å²) in [6.07, 6.45) is 0.666. The molecule has 34 heteroatoms. The first-order valence-electron chi connectivity index (χ1n) is 33.2. The van der Waals surface area contributed by atoms with Crippen LogP contribution in [0.4, 0.5) is 0 Å². The molecule has 0 aliphatic rings. The molecule has 0 unspecified atom stereocenters. The van der Waals surface area contributed by atoms with Gasteiger partial charge in [-0.1, -0.05) is 109 Å². The number of hydrogen-bond donors (Lipinski definition) is 12. The fourth-order valence-corrected chi connectivity index (χ4v) is 9.21. The molecule has 0 saturated heterocycles. The van der Waals surface area contributed by atoms with E-state index in [2.05, 4.69) is 67.9 Å². The second-order valence-corrected chi connectivity index (χ2v) is 23.1. The Balaban J connectivity index is 0.000000528. The van der Waals surface area contributed by atoms with Crippen molar-refractivity contribution in [1.82, 2.24) is 47.9 Å². The number of carbonyl (C=O) groups is 10. The van der Waals surface area contributed by atoms with Gasteiger partial charge in [0.2, 0.25) is 53.2 Å². The first-order valence-corrected chi connectivity index (χ1v) is 33.2. The van der Waals surface area contributed by atoms with Gasteiger partial charge in [0.15, 0.2) is 0 Å². The number of rotatable bonds is 48. The van der Waals surface area contributed by atoms with Gasteiger partial charge >= 0.3 is 5.97 Å². The van der Waals surface area contributed by atoms with E-state index in [1.165, 1.54) is 45.0 Å². The predicted octanol–water partition coefficient (Wildman–Crippen LogP) is 2.53. The Morgan fingerprint density at radius 2 is 0.699 bits per heavy atom. The maximum Gasteiger partial charge on any atom is 0.305 e. The van der Waals surface area contributed by atoms with E-state index in [0.29, 0.717) is 46.1 Å². The molecule has 6 atom stereocenters. The summed E-state index contributed by atoms with van der Waals surface area (Å²) in [6, 6.07) is 25.6. The molecule has 0 bridgehead atoms. The summed E-state index contributed by atoms with van der Waals surface area (Å²) < 4.78 is 31.3. The van der Waals surface area contributed by atoms with Crippen molar-refractivity contribution in [2.45, 2.75) is 109 Å². The lowest BCUT2D eigenvalue weighted by Gasteiger charge is -2.23. The van der Waals surface area contributed by atoms with Crippen LogP contribution in [0.2, 0.25) is 0 Å². The first kappa shape index (κ1) is 88.6. The molecular formula is C69H99N15O19. The zero-order valence-electron chi connectivity index (χ0n) is 59.0. The number of aromatic hydroxyl groups is 2. The number of nitrogens with one attached hydrogen (secondary N) is 9. The number of carboxylic acids is 1. The van der Waals surface area contributed by atoms with Gasteiger partial charge < -0.3 is 91.6 Å². The topological polar surface area (TPSA) is 493 Å². The molecule has 0 fully saturated rings. The fraction of sp³-hybridized carbons (Fsp3) is 0.507. The molecule has 4 aromatic carbocycles. The summed E-state index contributed by atoms with van der Waals surface area (Å²) in [6.45, 7) is 12.0. The lowest BCUT2D eigenvalue weighted by molar-refractivity contribution is -0.141. The number of hydrogen-bond acceptors (Lipinski definition) is 20. The van der Waals surface area contributed by atoms with E-state index in [9.17, 15) is 58.2 Å². The van der Waals surface area contributed by atoms with Crippen LogP contribution in [0, 0.1) is 5.92 Å². The van der Waals surface area contributed by atoms with Crippen molar-refractivity contribution >= 4 is 59.1 Å². The van der Waals surface area contributed by atoms with Crippen LogP contribution < -0.4 is 47.9 Å². The molecule has 0 radical (unpaired) electrons. The average Bonchev–Trinajstić information content (AvgIpc) is 0.875. The van der Waals surface area contributed by atoms with Crippen molar-refractivity contribution in [1.29, 1.82) is 0 Å². The summed E-state index contributed by atoms with van der Waals surface area (Å²) in [5.74, 6) is -5.12. The summed E-state index contributed by atoms with van der Waals surface area (Å²) in [5.41, 5.74) is 19.6. The van der Waals surface area contributed by atoms with Gasteiger partial charge in [-0.3, -0.25) is 47.9 Å². The van der Waals surface area contributed by atoms with Crippen LogP contribution in [0.15, 0.2) is 119 Å². The van der Waals surface area contributed by atoms with Crippen LogP contribution in [-0.4, -0.2) is 223 Å². The minimum Gasteiger partial charge on any atom is -0.508 e. The second kappa shape index (κ2) is 54.3. The summed E-state index contributed by atoms with van der Waals surface area (Å²) >= 11 is 0. The van der Waals surface area contributed by atoms with Crippen molar-refractivity contribution in [3.05, 3.63) is 152 Å². The summed E-state index contributed by atoms with van der Waals surface area (Å²) in [4.78, 5) is 128. The minimum absolute atomic E-state index is 0.0892. The third-order valence-electron chi connectivity index (χ3n) is 14.0. The SMILES string of the molecule is CC(=O)N[C@@H](Cc1ccccc1)C(=O)N[C@@H](Cc1ccc(O)cc1)C(=O)NCCOCCOCCN=[N+]=[N-].CC(=O)N[C@H](CC(C)C)C(=O)N[C@@H](CC(=O)O)C(=O)NCCOCCOCCN=[N+]=[N-].COCCOCCNC(=O)[C@H](Cc1ccc(O)cc1)NC(=O)[C@H](Cc1ccccc1)NC(C)=O. The molecule has 0 saturated carbocycles. The van der Waals surface area contributed by atoms with Crippen LogP contribution in [0.3, 0.4) is 0 Å². The van der Waals surface area contributed by atoms with Gasteiger partial charge in [0, 0.05) is 96.1 Å². The Morgan fingerprint density at radius 1 is 0.398 bits per heavy atom. The van der Waals surface area contributed by atoms with E-state index in [1.807, 2.05) is 74.5 Å². The number of benzene rings is 4. The standard InChI is InChI=1S/C26H34N6O6.C25H33N3O6.C18H32N6O7/c1-19(33)30-24(17-20-5-3-2-4-6-20)26(36)31-23(18-21-7-9-22(34)10-8-21)25(35)28-11-13-37-15-16-38-14-12-29-32-27;1-18(29)27-23(16-19-6-4-3-5-7-19)25(32)28-22(17-20-8-10-21(30)11-9-20)24(31)26-12-13-34-15-14-33-2;1-12(2)10-14(22-13(3)25)18(29)23-15(11-16(26)27)17(28)20-4-6-30-8-9-31-7-5-21-24-19/h2-10,23-24,34H,11-18H2,1H3,(H,28,35)(H,30,33)(H,31,36);3-11,22-23,30H,12-17H2,1-2H3,(H,26,31)(H,27,29)(H,28,32);12,14-15H,4-11H2,1-3H3,(H,20,28)(H,22,25)(H,23,29)(H,26,27)/t23-,24-;22-,23-;14-,15+/m001/s1. The van der Waals surface area contributed by atoms with E-state index in [0.717, 1.165) is 22.3 Å². The van der Waals surface area contributed by atoms with Gasteiger partial charge in [0.1, 0.15) is 47.8 Å². The third kappa shape index (κ3) is 43.8. The van der Waals surface area contributed by atoms with Crippen LogP contribution in [0.25, 0.3) is 20.9 Å². The number of amides is 9. The quantitative estimate of drug-likeness (QED) is 0.0131. The van der Waals surface area contributed by atoms with Crippen molar-refractivity contribution in [2.75, 3.05) is 113 Å². The van der Waals surface area contributed by atoms with Crippen LogP contribution in [0.1, 0.15) is 69.7 Å². The number of aliphatic carboxylic acids is 1. The predicted molar refractivity (Wildman–Crippen MR) is 377 cm³/mol. The molecule has 4 rings (SSSR count). The normalized spacial score (nSPS) is 12.3.